The molecule has 0 spiro atoms. The number of rotatable bonds is 2. The van der Waals surface area contributed by atoms with Crippen LogP contribution in [0.1, 0.15) is 74.1 Å². The Morgan fingerprint density at radius 1 is 1.00 bits per heavy atom. The molecule has 108 valence electrons. The van der Waals surface area contributed by atoms with Crippen LogP contribution in [-0.4, -0.2) is 12.1 Å². The highest BCUT2D eigenvalue weighted by molar-refractivity contribution is 4.90. The molecule has 1 rings (SSSR count). The van der Waals surface area contributed by atoms with E-state index < -0.39 is 0 Å². The summed E-state index contributed by atoms with van der Waals surface area (Å²) in [5.41, 5.74) is 0.710. The molecule has 18 heavy (non-hydrogen) atoms. The topological polar surface area (TPSA) is 12.0 Å². The summed E-state index contributed by atoms with van der Waals surface area (Å²) in [4.78, 5) is 0. The zero-order valence-electron chi connectivity index (χ0n) is 13.8. The first-order valence-electron chi connectivity index (χ1n) is 7.96. The van der Waals surface area contributed by atoms with E-state index in [0.717, 1.165) is 24.3 Å². The Hall–Kier alpha value is -0.0400. The Bertz CT molecular complexity index is 254. The molecule has 1 nitrogen and oxygen atoms in total. The maximum atomic E-state index is 3.81. The molecule has 1 saturated heterocycles. The molecule has 0 saturated carbocycles. The van der Waals surface area contributed by atoms with Crippen LogP contribution in [0.4, 0.5) is 0 Å². The van der Waals surface area contributed by atoms with Gasteiger partial charge in [0.25, 0.3) is 0 Å². The summed E-state index contributed by atoms with van der Waals surface area (Å²) < 4.78 is 0. The van der Waals surface area contributed by atoms with Crippen LogP contribution >= 0.6 is 0 Å². The van der Waals surface area contributed by atoms with Crippen LogP contribution in [0, 0.1) is 23.2 Å². The highest BCUT2D eigenvalue weighted by Gasteiger charge is 2.35. The Labute approximate surface area is 115 Å². The molecule has 1 aliphatic rings. The lowest BCUT2D eigenvalue weighted by atomic mass is 9.70. The van der Waals surface area contributed by atoms with Gasteiger partial charge in [-0.15, -0.1) is 0 Å². The van der Waals surface area contributed by atoms with Gasteiger partial charge in [0.2, 0.25) is 0 Å². The summed E-state index contributed by atoms with van der Waals surface area (Å²) in [5.74, 6) is 2.63. The van der Waals surface area contributed by atoms with E-state index in [1.165, 1.54) is 25.7 Å². The zero-order chi connectivity index (χ0) is 14.0. The lowest BCUT2D eigenvalue weighted by molar-refractivity contribution is 0.160. The van der Waals surface area contributed by atoms with Crippen LogP contribution in [0.5, 0.6) is 0 Å². The molecule has 1 heterocycles. The van der Waals surface area contributed by atoms with Gasteiger partial charge in [-0.2, -0.15) is 0 Å². The van der Waals surface area contributed by atoms with Crippen molar-refractivity contribution in [1.82, 2.24) is 5.32 Å². The van der Waals surface area contributed by atoms with Gasteiger partial charge in [0.1, 0.15) is 0 Å². The maximum Gasteiger partial charge on any atom is 0.0128 e. The normalized spacial score (nSPS) is 36.5. The third kappa shape index (κ3) is 4.26. The van der Waals surface area contributed by atoms with E-state index in [-0.39, 0.29) is 5.54 Å². The SMILES string of the molecule is CCC1CC(C)(C)CNC(C)(C)CC(C)C1CC. The predicted molar refractivity (Wildman–Crippen MR) is 81.8 cm³/mol. The Morgan fingerprint density at radius 3 is 2.11 bits per heavy atom. The van der Waals surface area contributed by atoms with E-state index in [1.807, 2.05) is 0 Å². The summed E-state index contributed by atoms with van der Waals surface area (Å²) in [7, 11) is 0. The van der Waals surface area contributed by atoms with Crippen molar-refractivity contribution in [3.05, 3.63) is 0 Å². The van der Waals surface area contributed by atoms with Gasteiger partial charge in [-0.05, 0) is 49.9 Å². The second-order valence-electron chi connectivity index (χ2n) is 8.03. The monoisotopic (exact) mass is 253 g/mol. The van der Waals surface area contributed by atoms with Crippen LogP contribution in [0.2, 0.25) is 0 Å². The predicted octanol–water partition coefficient (Wildman–Crippen LogP) is 4.86. The van der Waals surface area contributed by atoms with Crippen molar-refractivity contribution in [3.8, 4) is 0 Å². The fourth-order valence-corrected chi connectivity index (χ4v) is 4.09. The molecule has 0 aromatic rings. The summed E-state index contributed by atoms with van der Waals surface area (Å²) in [6, 6.07) is 0. The van der Waals surface area contributed by atoms with E-state index >= 15 is 0 Å². The van der Waals surface area contributed by atoms with E-state index in [0.29, 0.717) is 5.41 Å². The average molecular weight is 253 g/mol. The molecule has 3 unspecified atom stereocenters. The third-order valence-corrected chi connectivity index (χ3v) is 5.02. The van der Waals surface area contributed by atoms with Gasteiger partial charge in [0.05, 0.1) is 0 Å². The molecule has 1 heteroatoms. The lowest BCUT2D eigenvalue weighted by Crippen LogP contribution is -2.44. The molecule has 0 amide bonds. The van der Waals surface area contributed by atoms with E-state index in [4.69, 9.17) is 0 Å². The van der Waals surface area contributed by atoms with Crippen molar-refractivity contribution in [2.45, 2.75) is 79.7 Å². The Kier molecular flexibility index (Phi) is 5.29. The van der Waals surface area contributed by atoms with Crippen molar-refractivity contribution in [2.24, 2.45) is 23.2 Å². The first-order chi connectivity index (χ1) is 8.21. The summed E-state index contributed by atoms with van der Waals surface area (Å²) >= 11 is 0. The average Bonchev–Trinajstić information content (AvgIpc) is 2.27. The van der Waals surface area contributed by atoms with E-state index in [9.17, 15) is 0 Å². The van der Waals surface area contributed by atoms with Gasteiger partial charge in [-0.3, -0.25) is 0 Å². The Balaban J connectivity index is 2.96. The maximum absolute atomic E-state index is 3.81. The van der Waals surface area contributed by atoms with E-state index in [2.05, 4.69) is 53.8 Å². The smallest absolute Gasteiger partial charge is 0.0128 e. The van der Waals surface area contributed by atoms with Crippen LogP contribution in [0.25, 0.3) is 0 Å². The Morgan fingerprint density at radius 2 is 1.61 bits per heavy atom. The van der Waals surface area contributed by atoms with Gasteiger partial charge in [-0.1, -0.05) is 47.5 Å². The van der Waals surface area contributed by atoms with Crippen LogP contribution in [0.3, 0.4) is 0 Å². The molecule has 0 aromatic carbocycles. The van der Waals surface area contributed by atoms with Crippen molar-refractivity contribution in [3.63, 3.8) is 0 Å². The molecular formula is C17H35N. The highest BCUT2D eigenvalue weighted by atomic mass is 15.0. The fourth-order valence-electron chi connectivity index (χ4n) is 4.09. The summed E-state index contributed by atoms with van der Waals surface area (Å²) in [6.45, 7) is 18.0. The standard InChI is InChI=1S/C17H35N/c1-8-14-11-16(4,5)12-18-17(6,7)10-13(3)15(14)9-2/h13-15,18H,8-12H2,1-7H3. The minimum atomic E-state index is 0.284. The molecule has 0 radical (unpaired) electrons. The minimum absolute atomic E-state index is 0.284. The van der Waals surface area contributed by atoms with Crippen molar-refractivity contribution >= 4 is 0 Å². The van der Waals surface area contributed by atoms with Gasteiger partial charge in [-0.25, -0.2) is 0 Å². The van der Waals surface area contributed by atoms with Gasteiger partial charge in [0, 0.05) is 12.1 Å². The summed E-state index contributed by atoms with van der Waals surface area (Å²) in [6.07, 6.45) is 5.35. The van der Waals surface area contributed by atoms with Gasteiger partial charge >= 0.3 is 0 Å². The first kappa shape index (κ1) is 16.0. The van der Waals surface area contributed by atoms with Gasteiger partial charge in [0.15, 0.2) is 0 Å². The number of hydrogen-bond donors (Lipinski definition) is 1. The molecule has 3 atom stereocenters. The van der Waals surface area contributed by atoms with Gasteiger partial charge < -0.3 is 5.32 Å². The molecule has 1 aliphatic heterocycles. The van der Waals surface area contributed by atoms with Crippen LogP contribution < -0.4 is 5.32 Å². The second-order valence-corrected chi connectivity index (χ2v) is 8.03. The third-order valence-electron chi connectivity index (χ3n) is 5.02. The largest absolute Gasteiger partial charge is 0.311 e. The molecule has 1 N–H and O–H groups in total. The van der Waals surface area contributed by atoms with Crippen LogP contribution in [0.15, 0.2) is 0 Å². The quantitative estimate of drug-likeness (QED) is 0.741. The molecular weight excluding hydrogens is 218 g/mol. The van der Waals surface area contributed by atoms with Crippen molar-refractivity contribution in [2.75, 3.05) is 6.54 Å². The molecule has 0 aliphatic carbocycles. The number of hydrogen-bond acceptors (Lipinski definition) is 1. The zero-order valence-corrected chi connectivity index (χ0v) is 13.8. The molecule has 0 aromatic heterocycles. The molecule has 1 fully saturated rings. The molecule has 0 bridgehead atoms. The number of nitrogens with one attached hydrogen (secondary N) is 1. The van der Waals surface area contributed by atoms with E-state index in [1.54, 1.807) is 0 Å². The highest BCUT2D eigenvalue weighted by Crippen LogP contribution is 2.40. The first-order valence-corrected chi connectivity index (χ1v) is 7.96. The summed E-state index contributed by atoms with van der Waals surface area (Å²) in [5, 5.41) is 3.81. The van der Waals surface area contributed by atoms with Crippen LogP contribution in [-0.2, 0) is 0 Å². The van der Waals surface area contributed by atoms with Crippen molar-refractivity contribution in [1.29, 1.82) is 0 Å². The second kappa shape index (κ2) is 5.94. The lowest BCUT2D eigenvalue weighted by Gasteiger charge is -2.35. The minimum Gasteiger partial charge on any atom is -0.311 e. The van der Waals surface area contributed by atoms with Crippen molar-refractivity contribution < 1.29 is 0 Å². The fraction of sp³-hybridized carbons (Fsp3) is 1.00.